The summed E-state index contributed by atoms with van der Waals surface area (Å²) in [5, 5.41) is 8.10. The molecule has 1 saturated heterocycles. The van der Waals surface area contributed by atoms with Gasteiger partial charge >= 0.3 is 6.09 Å². The zero-order valence-electron chi connectivity index (χ0n) is 14.7. The van der Waals surface area contributed by atoms with Crippen LogP contribution in [0.2, 0.25) is 0 Å². The van der Waals surface area contributed by atoms with Crippen LogP contribution in [0.5, 0.6) is 0 Å². The Balaban J connectivity index is 1.76. The number of imide groups is 1. The molecule has 3 rings (SSSR count). The van der Waals surface area contributed by atoms with Crippen LogP contribution >= 0.6 is 22.7 Å². The normalized spacial score (nSPS) is 17.2. The van der Waals surface area contributed by atoms with E-state index < -0.39 is 34.0 Å². The molecule has 3 amide bonds. The van der Waals surface area contributed by atoms with Crippen LogP contribution in [-0.4, -0.2) is 50.3 Å². The second kappa shape index (κ2) is 8.39. The van der Waals surface area contributed by atoms with E-state index in [1.807, 2.05) is 5.32 Å². The van der Waals surface area contributed by atoms with E-state index in [4.69, 9.17) is 0 Å². The molecule has 150 valence electrons. The van der Waals surface area contributed by atoms with Crippen molar-refractivity contribution in [2.75, 3.05) is 19.0 Å². The highest BCUT2D eigenvalue weighted by molar-refractivity contribution is 7.91. The molecule has 0 aromatic carbocycles. The SMILES string of the molecule is COC(=O)NC(=O)c1ccsc1NC(=O)C1CCCN1S(=O)(=O)c1cccs1. The van der Waals surface area contributed by atoms with Gasteiger partial charge in [-0.3, -0.25) is 14.9 Å². The molecule has 1 atom stereocenters. The summed E-state index contributed by atoms with van der Waals surface area (Å²) in [5.41, 5.74) is 0.0920. The average molecular weight is 444 g/mol. The predicted molar refractivity (Wildman–Crippen MR) is 104 cm³/mol. The fourth-order valence-corrected chi connectivity index (χ4v) is 6.37. The molecular weight excluding hydrogens is 426 g/mol. The Kier molecular flexibility index (Phi) is 6.13. The number of carbonyl (C=O) groups is 3. The lowest BCUT2D eigenvalue weighted by Crippen LogP contribution is -2.43. The zero-order chi connectivity index (χ0) is 20.3. The van der Waals surface area contributed by atoms with Crippen molar-refractivity contribution in [1.82, 2.24) is 9.62 Å². The highest BCUT2D eigenvalue weighted by Gasteiger charge is 2.40. The van der Waals surface area contributed by atoms with Crippen molar-refractivity contribution in [2.45, 2.75) is 23.1 Å². The minimum Gasteiger partial charge on any atom is -0.453 e. The molecule has 9 nitrogen and oxygen atoms in total. The minimum atomic E-state index is -3.76. The van der Waals surface area contributed by atoms with Crippen molar-refractivity contribution >= 4 is 55.6 Å². The monoisotopic (exact) mass is 443 g/mol. The van der Waals surface area contributed by atoms with Crippen LogP contribution in [0.15, 0.2) is 33.2 Å². The first-order chi connectivity index (χ1) is 13.3. The molecule has 2 aromatic rings. The van der Waals surface area contributed by atoms with E-state index in [9.17, 15) is 22.8 Å². The van der Waals surface area contributed by atoms with Crippen molar-refractivity contribution in [3.05, 3.63) is 34.5 Å². The number of methoxy groups -OCH3 is 1. The van der Waals surface area contributed by atoms with Gasteiger partial charge in [-0.2, -0.15) is 4.31 Å². The summed E-state index contributed by atoms with van der Waals surface area (Å²) in [6, 6.07) is 3.72. The van der Waals surface area contributed by atoms with E-state index in [0.29, 0.717) is 12.8 Å². The fraction of sp³-hybridized carbons (Fsp3) is 0.312. The number of anilines is 1. The molecule has 3 heterocycles. The number of hydrogen-bond donors (Lipinski definition) is 2. The topological polar surface area (TPSA) is 122 Å². The van der Waals surface area contributed by atoms with E-state index >= 15 is 0 Å². The van der Waals surface area contributed by atoms with Crippen molar-refractivity contribution in [3.8, 4) is 0 Å². The number of nitrogens with zero attached hydrogens (tertiary/aromatic N) is 1. The van der Waals surface area contributed by atoms with Gasteiger partial charge < -0.3 is 10.1 Å². The molecule has 0 radical (unpaired) electrons. The van der Waals surface area contributed by atoms with Crippen molar-refractivity contribution in [1.29, 1.82) is 0 Å². The summed E-state index contributed by atoms with van der Waals surface area (Å²) in [7, 11) is -2.63. The number of alkyl carbamates (subject to hydrolysis) is 1. The molecule has 0 aliphatic carbocycles. The summed E-state index contributed by atoms with van der Waals surface area (Å²) in [4.78, 5) is 36.1. The van der Waals surface area contributed by atoms with Crippen molar-refractivity contribution < 1.29 is 27.5 Å². The standard InChI is InChI=1S/C16H17N3O6S3/c1-25-16(22)18-13(20)10-6-9-27-15(10)17-14(21)11-4-2-7-19(11)28(23,24)12-5-3-8-26-12/h3,5-6,8-9,11H,2,4,7H2,1H3,(H,17,21)(H,18,20,22). The Morgan fingerprint density at radius 3 is 2.68 bits per heavy atom. The van der Waals surface area contributed by atoms with Gasteiger partial charge in [0.15, 0.2) is 0 Å². The van der Waals surface area contributed by atoms with Crippen LogP contribution in [0.25, 0.3) is 0 Å². The summed E-state index contributed by atoms with van der Waals surface area (Å²) < 4.78 is 31.3. The molecule has 1 fully saturated rings. The van der Waals surface area contributed by atoms with Gasteiger partial charge in [0, 0.05) is 6.54 Å². The van der Waals surface area contributed by atoms with Crippen molar-refractivity contribution in [2.24, 2.45) is 0 Å². The van der Waals surface area contributed by atoms with Crippen LogP contribution in [0.4, 0.5) is 9.80 Å². The molecule has 1 aliphatic heterocycles. The highest BCUT2D eigenvalue weighted by Crippen LogP contribution is 2.30. The number of rotatable bonds is 5. The lowest BCUT2D eigenvalue weighted by molar-refractivity contribution is -0.119. The number of nitrogens with one attached hydrogen (secondary N) is 2. The molecule has 0 bridgehead atoms. The summed E-state index contributed by atoms with van der Waals surface area (Å²) >= 11 is 2.19. The van der Waals surface area contributed by atoms with Crippen molar-refractivity contribution in [3.63, 3.8) is 0 Å². The molecule has 1 aliphatic rings. The summed E-state index contributed by atoms with van der Waals surface area (Å²) in [6.07, 6.45) is 0.0198. The van der Waals surface area contributed by atoms with Gasteiger partial charge in [0.2, 0.25) is 5.91 Å². The van der Waals surface area contributed by atoms with E-state index in [-0.39, 0.29) is 21.3 Å². The summed E-state index contributed by atoms with van der Waals surface area (Å²) in [6.45, 7) is 0.248. The number of ether oxygens (including phenoxy) is 1. The first kappa shape index (κ1) is 20.5. The van der Waals surface area contributed by atoms with Crippen LogP contribution in [-0.2, 0) is 19.6 Å². The number of thiophene rings is 2. The minimum absolute atomic E-state index is 0.0920. The zero-order valence-corrected chi connectivity index (χ0v) is 17.2. The number of sulfonamides is 1. The lowest BCUT2D eigenvalue weighted by Gasteiger charge is -2.22. The maximum absolute atomic E-state index is 12.8. The second-order valence-electron chi connectivity index (χ2n) is 5.80. The van der Waals surface area contributed by atoms with Crippen LogP contribution < -0.4 is 10.6 Å². The molecule has 28 heavy (non-hydrogen) atoms. The first-order valence-corrected chi connectivity index (χ1v) is 11.4. The van der Waals surface area contributed by atoms with Crippen LogP contribution in [0, 0.1) is 0 Å². The van der Waals surface area contributed by atoms with Gasteiger partial charge in [0.25, 0.3) is 15.9 Å². The molecule has 2 aromatic heterocycles. The molecule has 12 heteroatoms. The Bertz CT molecular complexity index is 983. The maximum atomic E-state index is 12.8. The number of hydrogen-bond acceptors (Lipinski definition) is 8. The van der Waals surface area contributed by atoms with E-state index in [1.165, 1.54) is 16.4 Å². The number of carbonyl (C=O) groups excluding carboxylic acids is 3. The Morgan fingerprint density at radius 1 is 1.21 bits per heavy atom. The van der Waals surface area contributed by atoms with Crippen LogP contribution in [0.1, 0.15) is 23.2 Å². The molecular formula is C16H17N3O6S3. The molecule has 0 spiro atoms. The van der Waals surface area contributed by atoms with Gasteiger partial charge in [-0.15, -0.1) is 22.7 Å². The van der Waals surface area contributed by atoms with Crippen LogP contribution in [0.3, 0.4) is 0 Å². The highest BCUT2D eigenvalue weighted by atomic mass is 32.2. The van der Waals surface area contributed by atoms with Gasteiger partial charge in [-0.05, 0) is 35.7 Å². The second-order valence-corrected chi connectivity index (χ2v) is 9.79. The van der Waals surface area contributed by atoms with E-state index in [2.05, 4.69) is 10.1 Å². The van der Waals surface area contributed by atoms with E-state index in [1.54, 1.807) is 16.8 Å². The number of amides is 3. The van der Waals surface area contributed by atoms with Gasteiger partial charge in [0.1, 0.15) is 15.3 Å². The first-order valence-electron chi connectivity index (χ1n) is 8.17. The third kappa shape index (κ3) is 4.09. The fourth-order valence-electron chi connectivity index (χ4n) is 2.81. The quantitative estimate of drug-likeness (QED) is 0.730. The van der Waals surface area contributed by atoms with Gasteiger partial charge in [-0.1, -0.05) is 6.07 Å². The Labute approximate surface area is 169 Å². The van der Waals surface area contributed by atoms with Gasteiger partial charge in [0.05, 0.1) is 12.7 Å². The predicted octanol–water partition coefficient (Wildman–Crippen LogP) is 2.10. The third-order valence-electron chi connectivity index (χ3n) is 4.11. The molecule has 1 unspecified atom stereocenters. The largest absolute Gasteiger partial charge is 0.453 e. The average Bonchev–Trinajstić information content (AvgIpc) is 3.41. The maximum Gasteiger partial charge on any atom is 0.413 e. The lowest BCUT2D eigenvalue weighted by atomic mass is 10.2. The molecule has 2 N–H and O–H groups in total. The van der Waals surface area contributed by atoms with E-state index in [0.717, 1.165) is 29.8 Å². The Hall–Kier alpha value is -2.28. The van der Waals surface area contributed by atoms with Gasteiger partial charge in [-0.25, -0.2) is 13.2 Å². The molecule has 0 saturated carbocycles. The third-order valence-corrected chi connectivity index (χ3v) is 8.22. The smallest absolute Gasteiger partial charge is 0.413 e. The Morgan fingerprint density at radius 2 is 2.00 bits per heavy atom. The summed E-state index contributed by atoms with van der Waals surface area (Å²) in [5.74, 6) is -1.25.